The van der Waals surface area contributed by atoms with Crippen molar-refractivity contribution in [1.29, 1.82) is 5.26 Å². The molecule has 0 spiro atoms. The van der Waals surface area contributed by atoms with Crippen molar-refractivity contribution in [3.8, 4) is 6.07 Å². The number of hydrogen-bond acceptors (Lipinski definition) is 2. The minimum absolute atomic E-state index is 0.0768. The predicted molar refractivity (Wildman–Crippen MR) is 58.5 cm³/mol. The highest BCUT2D eigenvalue weighted by Gasteiger charge is 2.05. The molecule has 0 N–H and O–H groups in total. The summed E-state index contributed by atoms with van der Waals surface area (Å²) in [6.45, 7) is 1.81. The number of nitrogens with zero attached hydrogens (tertiary/aromatic N) is 1. The maximum atomic E-state index is 11.3. The van der Waals surface area contributed by atoms with E-state index in [2.05, 4.69) is 28.7 Å². The van der Waals surface area contributed by atoms with Gasteiger partial charge in [0.1, 0.15) is 6.07 Å². The molecular formula is C10H8INO. The van der Waals surface area contributed by atoms with Crippen molar-refractivity contribution in [2.24, 2.45) is 0 Å². The largest absolute Gasteiger partial charge is 0.294 e. The highest BCUT2D eigenvalue weighted by Crippen LogP contribution is 2.14. The Morgan fingerprint density at radius 2 is 2.31 bits per heavy atom. The average molecular weight is 285 g/mol. The molecule has 0 amide bonds. The molecule has 0 saturated carbocycles. The third kappa shape index (κ3) is 2.28. The summed E-state index contributed by atoms with van der Waals surface area (Å²) in [5.41, 5.74) is 1.19. The molecular weight excluding hydrogens is 277 g/mol. The molecule has 0 bridgehead atoms. The van der Waals surface area contributed by atoms with Crippen LogP contribution in [0.25, 0.3) is 0 Å². The van der Waals surface area contributed by atoms with Gasteiger partial charge in [0.05, 0.1) is 5.56 Å². The monoisotopic (exact) mass is 285 g/mol. The van der Waals surface area contributed by atoms with E-state index in [1.165, 1.54) is 0 Å². The second-order valence-corrected chi connectivity index (χ2v) is 3.75. The minimum Gasteiger partial charge on any atom is -0.294 e. The van der Waals surface area contributed by atoms with Gasteiger partial charge in [0.2, 0.25) is 0 Å². The van der Waals surface area contributed by atoms with Crippen LogP contribution < -0.4 is 0 Å². The Labute approximate surface area is 90.7 Å². The van der Waals surface area contributed by atoms with E-state index in [1.54, 1.807) is 18.2 Å². The van der Waals surface area contributed by atoms with Crippen LogP contribution in [0.15, 0.2) is 18.2 Å². The lowest BCUT2D eigenvalue weighted by Gasteiger charge is -1.99. The molecule has 1 aromatic rings. The Kier molecular flexibility index (Phi) is 3.43. The van der Waals surface area contributed by atoms with E-state index in [0.717, 1.165) is 3.57 Å². The lowest BCUT2D eigenvalue weighted by Crippen LogP contribution is -1.97. The molecule has 1 aromatic carbocycles. The summed E-state index contributed by atoms with van der Waals surface area (Å²) in [4.78, 5) is 11.3. The van der Waals surface area contributed by atoms with E-state index in [1.807, 2.05) is 6.92 Å². The molecule has 0 aromatic heterocycles. The van der Waals surface area contributed by atoms with Crippen LogP contribution in [0.1, 0.15) is 29.3 Å². The zero-order valence-electron chi connectivity index (χ0n) is 7.17. The fourth-order valence-corrected chi connectivity index (χ4v) is 1.44. The van der Waals surface area contributed by atoms with Gasteiger partial charge in [0, 0.05) is 15.6 Å². The summed E-state index contributed by atoms with van der Waals surface area (Å²) in [6.07, 6.45) is 0.478. The molecule has 2 nitrogen and oxygen atoms in total. The summed E-state index contributed by atoms with van der Waals surface area (Å²) in [6, 6.07) is 7.25. The molecule has 13 heavy (non-hydrogen) atoms. The van der Waals surface area contributed by atoms with Crippen LogP contribution in [0, 0.1) is 14.9 Å². The Morgan fingerprint density at radius 3 is 2.85 bits per heavy atom. The maximum Gasteiger partial charge on any atom is 0.162 e. The Balaban J connectivity index is 3.15. The van der Waals surface area contributed by atoms with E-state index in [9.17, 15) is 4.79 Å². The zero-order valence-corrected chi connectivity index (χ0v) is 9.33. The van der Waals surface area contributed by atoms with Crippen molar-refractivity contribution in [2.75, 3.05) is 0 Å². The number of hydrogen-bond donors (Lipinski definition) is 0. The number of carbonyl (C=O) groups is 1. The van der Waals surface area contributed by atoms with Crippen LogP contribution in [0.4, 0.5) is 0 Å². The number of benzene rings is 1. The molecule has 0 heterocycles. The first-order valence-electron chi connectivity index (χ1n) is 3.92. The molecule has 66 valence electrons. The van der Waals surface area contributed by atoms with Gasteiger partial charge in [0.25, 0.3) is 0 Å². The fourth-order valence-electron chi connectivity index (χ4n) is 0.989. The van der Waals surface area contributed by atoms with Crippen LogP contribution in [0.3, 0.4) is 0 Å². The fraction of sp³-hybridized carbons (Fsp3) is 0.200. The molecule has 3 heteroatoms. The Morgan fingerprint density at radius 1 is 1.62 bits per heavy atom. The first-order chi connectivity index (χ1) is 6.19. The number of Topliss-reactive ketones (excluding diaryl/α,β-unsaturated/α-hetero) is 1. The second kappa shape index (κ2) is 4.38. The molecule has 0 aliphatic heterocycles. The number of rotatable bonds is 2. The normalized spacial score (nSPS) is 9.31. The lowest BCUT2D eigenvalue weighted by molar-refractivity contribution is 0.0988. The van der Waals surface area contributed by atoms with Gasteiger partial charge in [-0.15, -0.1) is 0 Å². The van der Waals surface area contributed by atoms with Gasteiger partial charge in [-0.3, -0.25) is 4.79 Å². The summed E-state index contributed by atoms with van der Waals surface area (Å²) in [5, 5.41) is 8.73. The van der Waals surface area contributed by atoms with Crippen LogP contribution in [0.2, 0.25) is 0 Å². The molecule has 0 fully saturated rings. The highest BCUT2D eigenvalue weighted by atomic mass is 127. The van der Waals surface area contributed by atoms with Crippen LogP contribution in [0.5, 0.6) is 0 Å². The summed E-state index contributed by atoms with van der Waals surface area (Å²) < 4.78 is 0.882. The molecule has 0 saturated heterocycles. The van der Waals surface area contributed by atoms with Crippen molar-refractivity contribution in [1.82, 2.24) is 0 Å². The van der Waals surface area contributed by atoms with Crippen LogP contribution in [-0.4, -0.2) is 5.78 Å². The van der Waals surface area contributed by atoms with Gasteiger partial charge >= 0.3 is 0 Å². The van der Waals surface area contributed by atoms with E-state index >= 15 is 0 Å². The standard InChI is InChI=1S/C10H8INO/c1-2-10(13)7-3-4-9(11)8(5-7)6-12/h3-5H,2H2,1H3. The third-order valence-electron chi connectivity index (χ3n) is 1.73. The maximum absolute atomic E-state index is 11.3. The zero-order chi connectivity index (χ0) is 9.84. The van der Waals surface area contributed by atoms with Gasteiger partial charge in [-0.25, -0.2) is 0 Å². The van der Waals surface area contributed by atoms with E-state index in [0.29, 0.717) is 17.5 Å². The number of carbonyl (C=O) groups excluding carboxylic acids is 1. The summed E-state index contributed by atoms with van der Waals surface area (Å²) in [5.74, 6) is 0.0768. The van der Waals surface area contributed by atoms with E-state index < -0.39 is 0 Å². The summed E-state index contributed by atoms with van der Waals surface area (Å²) >= 11 is 2.08. The SMILES string of the molecule is CCC(=O)c1ccc(I)c(C#N)c1. The topological polar surface area (TPSA) is 40.9 Å². The Bertz CT molecular complexity index is 379. The number of ketones is 1. The first kappa shape index (κ1) is 10.2. The van der Waals surface area contributed by atoms with Gasteiger partial charge in [0.15, 0.2) is 5.78 Å². The molecule has 0 unspecified atom stereocenters. The van der Waals surface area contributed by atoms with Crippen molar-refractivity contribution < 1.29 is 4.79 Å². The van der Waals surface area contributed by atoms with Crippen molar-refractivity contribution in [3.63, 3.8) is 0 Å². The van der Waals surface area contributed by atoms with Crippen molar-refractivity contribution >= 4 is 28.4 Å². The molecule has 0 radical (unpaired) electrons. The number of nitriles is 1. The molecule has 0 atom stereocenters. The highest BCUT2D eigenvalue weighted by molar-refractivity contribution is 14.1. The van der Waals surface area contributed by atoms with Gasteiger partial charge in [-0.2, -0.15) is 5.26 Å². The quantitative estimate of drug-likeness (QED) is 0.619. The van der Waals surface area contributed by atoms with Crippen LogP contribution in [-0.2, 0) is 0 Å². The van der Waals surface area contributed by atoms with Crippen molar-refractivity contribution in [2.45, 2.75) is 13.3 Å². The Hall–Kier alpha value is -0.890. The molecule has 1 rings (SSSR count). The second-order valence-electron chi connectivity index (χ2n) is 2.58. The minimum atomic E-state index is 0.0768. The van der Waals surface area contributed by atoms with Crippen LogP contribution >= 0.6 is 22.6 Å². The third-order valence-corrected chi connectivity index (χ3v) is 2.67. The number of halogens is 1. The molecule has 0 aliphatic carbocycles. The van der Waals surface area contributed by atoms with Crippen molar-refractivity contribution in [3.05, 3.63) is 32.9 Å². The lowest BCUT2D eigenvalue weighted by atomic mass is 10.1. The van der Waals surface area contributed by atoms with Gasteiger partial charge < -0.3 is 0 Å². The van der Waals surface area contributed by atoms with Gasteiger partial charge in [-0.1, -0.05) is 13.0 Å². The predicted octanol–water partition coefficient (Wildman–Crippen LogP) is 2.76. The van der Waals surface area contributed by atoms with E-state index in [4.69, 9.17) is 5.26 Å². The van der Waals surface area contributed by atoms with E-state index in [-0.39, 0.29) is 5.78 Å². The average Bonchev–Trinajstić information content (AvgIpc) is 2.17. The smallest absolute Gasteiger partial charge is 0.162 e. The van der Waals surface area contributed by atoms with Gasteiger partial charge in [-0.05, 0) is 34.7 Å². The summed E-state index contributed by atoms with van der Waals surface area (Å²) in [7, 11) is 0. The molecule has 0 aliphatic rings. The first-order valence-corrected chi connectivity index (χ1v) is 4.99.